The lowest BCUT2D eigenvalue weighted by Gasteiger charge is -2.14. The third-order valence-corrected chi connectivity index (χ3v) is 3.08. The predicted octanol–water partition coefficient (Wildman–Crippen LogP) is 2.99. The molecule has 0 fully saturated rings. The molecule has 0 saturated heterocycles. The Morgan fingerprint density at radius 1 is 1.05 bits per heavy atom. The first-order valence-electron chi connectivity index (χ1n) is 6.18. The van der Waals surface area contributed by atoms with Crippen LogP contribution >= 0.6 is 0 Å². The molecule has 0 radical (unpaired) electrons. The van der Waals surface area contributed by atoms with Gasteiger partial charge < -0.3 is 14.6 Å². The molecule has 0 unspecified atom stereocenters. The summed E-state index contributed by atoms with van der Waals surface area (Å²) in [6, 6.07) is 13.2. The molecule has 2 aromatic carbocycles. The molecule has 0 saturated carbocycles. The van der Waals surface area contributed by atoms with Gasteiger partial charge in [0.2, 0.25) is 0 Å². The molecule has 4 nitrogen and oxygen atoms in total. The van der Waals surface area contributed by atoms with E-state index in [2.05, 4.69) is 0 Å². The smallest absolute Gasteiger partial charge is 0.339 e. The van der Waals surface area contributed by atoms with Gasteiger partial charge in [-0.25, -0.2) is 4.79 Å². The van der Waals surface area contributed by atoms with E-state index in [1.807, 2.05) is 30.3 Å². The number of benzene rings is 2. The molecule has 0 aliphatic rings. The number of carbonyl (C=O) groups is 1. The Labute approximate surface area is 117 Å². The predicted molar refractivity (Wildman–Crippen MR) is 75.8 cm³/mol. The molecule has 1 N–H and O–H groups in total. The highest BCUT2D eigenvalue weighted by atomic mass is 16.5. The monoisotopic (exact) mass is 272 g/mol. The zero-order valence-corrected chi connectivity index (χ0v) is 11.4. The molecule has 0 spiro atoms. The van der Waals surface area contributed by atoms with Gasteiger partial charge in [0.25, 0.3) is 0 Å². The SMILES string of the molecule is COc1ccc(Cc2ccccc2)c(C(=O)O)c1OC. The lowest BCUT2D eigenvalue weighted by molar-refractivity contribution is 0.0691. The number of carboxylic acid groups (broad SMARTS) is 1. The molecule has 0 aromatic heterocycles. The van der Waals surface area contributed by atoms with Crippen molar-refractivity contribution in [1.29, 1.82) is 0 Å². The molecular formula is C16H16O4. The Bertz CT molecular complexity index is 605. The summed E-state index contributed by atoms with van der Waals surface area (Å²) in [6.07, 6.45) is 0.531. The van der Waals surface area contributed by atoms with Crippen molar-refractivity contribution in [2.45, 2.75) is 6.42 Å². The van der Waals surface area contributed by atoms with Gasteiger partial charge in [0.1, 0.15) is 5.56 Å². The molecule has 2 aromatic rings. The van der Waals surface area contributed by atoms with Crippen LogP contribution in [0.4, 0.5) is 0 Å². The minimum Gasteiger partial charge on any atom is -0.493 e. The van der Waals surface area contributed by atoms with E-state index in [0.717, 1.165) is 5.56 Å². The first-order chi connectivity index (χ1) is 9.67. The lowest BCUT2D eigenvalue weighted by atomic mass is 9.98. The molecule has 0 heterocycles. The maximum atomic E-state index is 11.5. The van der Waals surface area contributed by atoms with Crippen LogP contribution in [0.3, 0.4) is 0 Å². The zero-order chi connectivity index (χ0) is 14.5. The third-order valence-electron chi connectivity index (χ3n) is 3.08. The largest absolute Gasteiger partial charge is 0.493 e. The number of rotatable bonds is 5. The molecule has 4 heteroatoms. The van der Waals surface area contributed by atoms with Gasteiger partial charge in [-0.15, -0.1) is 0 Å². The summed E-state index contributed by atoms with van der Waals surface area (Å²) in [5.41, 5.74) is 1.89. The fraction of sp³-hybridized carbons (Fsp3) is 0.188. The second-order valence-electron chi connectivity index (χ2n) is 4.30. The average molecular weight is 272 g/mol. The van der Waals surface area contributed by atoms with E-state index in [0.29, 0.717) is 17.7 Å². The van der Waals surface area contributed by atoms with Crippen LogP contribution in [0.25, 0.3) is 0 Å². The van der Waals surface area contributed by atoms with Gasteiger partial charge in [-0.3, -0.25) is 0 Å². The van der Waals surface area contributed by atoms with Crippen LogP contribution in [0, 0.1) is 0 Å². The Kier molecular flexibility index (Phi) is 4.25. The molecule has 2 rings (SSSR count). The van der Waals surface area contributed by atoms with Crippen molar-refractivity contribution in [3.05, 3.63) is 59.2 Å². The molecular weight excluding hydrogens is 256 g/mol. The zero-order valence-electron chi connectivity index (χ0n) is 11.4. The van der Waals surface area contributed by atoms with Crippen molar-refractivity contribution in [2.24, 2.45) is 0 Å². The summed E-state index contributed by atoms with van der Waals surface area (Å²) in [5.74, 6) is -0.346. The Hall–Kier alpha value is -2.49. The molecule has 0 amide bonds. The maximum absolute atomic E-state index is 11.5. The van der Waals surface area contributed by atoms with Gasteiger partial charge in [-0.2, -0.15) is 0 Å². The van der Waals surface area contributed by atoms with Crippen LogP contribution in [0.2, 0.25) is 0 Å². The normalized spacial score (nSPS) is 10.1. The quantitative estimate of drug-likeness (QED) is 0.909. The van der Waals surface area contributed by atoms with Crippen molar-refractivity contribution >= 4 is 5.97 Å². The van der Waals surface area contributed by atoms with Crippen LogP contribution < -0.4 is 9.47 Å². The first-order valence-corrected chi connectivity index (χ1v) is 6.18. The van der Waals surface area contributed by atoms with Crippen molar-refractivity contribution in [3.8, 4) is 11.5 Å². The number of hydrogen-bond acceptors (Lipinski definition) is 3. The molecule has 20 heavy (non-hydrogen) atoms. The minimum absolute atomic E-state index is 0.149. The molecule has 0 aliphatic heterocycles. The summed E-state index contributed by atoms with van der Waals surface area (Å²) in [4.78, 5) is 11.5. The van der Waals surface area contributed by atoms with Crippen LogP contribution in [-0.4, -0.2) is 25.3 Å². The highest BCUT2D eigenvalue weighted by Crippen LogP contribution is 2.34. The first kappa shape index (κ1) is 13.9. The second kappa shape index (κ2) is 6.10. The highest BCUT2D eigenvalue weighted by Gasteiger charge is 2.20. The van der Waals surface area contributed by atoms with Crippen molar-refractivity contribution in [2.75, 3.05) is 14.2 Å². The summed E-state index contributed by atoms with van der Waals surface area (Å²) < 4.78 is 10.3. The summed E-state index contributed by atoms with van der Waals surface area (Å²) >= 11 is 0. The number of methoxy groups -OCH3 is 2. The van der Waals surface area contributed by atoms with E-state index in [4.69, 9.17) is 9.47 Å². The summed E-state index contributed by atoms with van der Waals surface area (Å²) in [6.45, 7) is 0. The highest BCUT2D eigenvalue weighted by molar-refractivity contribution is 5.94. The molecule has 0 bridgehead atoms. The van der Waals surface area contributed by atoms with E-state index in [-0.39, 0.29) is 11.3 Å². The maximum Gasteiger partial charge on any atom is 0.339 e. The van der Waals surface area contributed by atoms with E-state index < -0.39 is 5.97 Å². The van der Waals surface area contributed by atoms with E-state index in [1.165, 1.54) is 14.2 Å². The molecule has 104 valence electrons. The topological polar surface area (TPSA) is 55.8 Å². The van der Waals surface area contributed by atoms with Gasteiger partial charge in [0, 0.05) is 0 Å². The lowest BCUT2D eigenvalue weighted by Crippen LogP contribution is -2.07. The van der Waals surface area contributed by atoms with Crippen LogP contribution in [0.1, 0.15) is 21.5 Å². The summed E-state index contributed by atoms with van der Waals surface area (Å²) in [5, 5.41) is 9.44. The average Bonchev–Trinajstić information content (AvgIpc) is 2.47. The molecule has 0 aliphatic carbocycles. The van der Waals surface area contributed by atoms with Crippen molar-refractivity contribution in [1.82, 2.24) is 0 Å². The second-order valence-corrected chi connectivity index (χ2v) is 4.30. The van der Waals surface area contributed by atoms with Gasteiger partial charge in [0.15, 0.2) is 11.5 Å². The number of hydrogen-bond donors (Lipinski definition) is 1. The Balaban J connectivity index is 2.50. The van der Waals surface area contributed by atoms with Crippen molar-refractivity contribution in [3.63, 3.8) is 0 Å². The van der Waals surface area contributed by atoms with Gasteiger partial charge in [-0.05, 0) is 23.6 Å². The number of aromatic carboxylic acids is 1. The molecule has 0 atom stereocenters. The van der Waals surface area contributed by atoms with E-state index >= 15 is 0 Å². The van der Waals surface area contributed by atoms with Crippen LogP contribution in [0.5, 0.6) is 11.5 Å². The van der Waals surface area contributed by atoms with Gasteiger partial charge >= 0.3 is 5.97 Å². The minimum atomic E-state index is -1.02. The fourth-order valence-corrected chi connectivity index (χ4v) is 2.17. The van der Waals surface area contributed by atoms with Crippen LogP contribution in [0.15, 0.2) is 42.5 Å². The Morgan fingerprint density at radius 2 is 1.75 bits per heavy atom. The summed E-state index contributed by atoms with van der Waals surface area (Å²) in [7, 11) is 2.93. The number of carboxylic acids is 1. The Morgan fingerprint density at radius 3 is 2.30 bits per heavy atom. The number of ether oxygens (including phenoxy) is 2. The van der Waals surface area contributed by atoms with E-state index in [9.17, 15) is 9.90 Å². The van der Waals surface area contributed by atoms with Crippen LogP contribution in [-0.2, 0) is 6.42 Å². The van der Waals surface area contributed by atoms with Crippen molar-refractivity contribution < 1.29 is 19.4 Å². The third kappa shape index (κ3) is 2.74. The van der Waals surface area contributed by atoms with E-state index in [1.54, 1.807) is 12.1 Å². The fourth-order valence-electron chi connectivity index (χ4n) is 2.17. The van der Waals surface area contributed by atoms with Gasteiger partial charge in [0.05, 0.1) is 14.2 Å². The van der Waals surface area contributed by atoms with Gasteiger partial charge in [-0.1, -0.05) is 36.4 Å². The standard InChI is InChI=1S/C16H16O4/c1-19-13-9-8-12(10-11-6-4-3-5-7-11)14(16(17)18)15(13)20-2/h3-9H,10H2,1-2H3,(H,17,18).